The molecule has 0 radical (unpaired) electrons. The van der Waals surface area contributed by atoms with Gasteiger partial charge in [0.15, 0.2) is 16.7 Å². The van der Waals surface area contributed by atoms with E-state index < -0.39 is 5.92 Å². The lowest BCUT2D eigenvalue weighted by Gasteiger charge is -2.25. The third-order valence-corrected chi connectivity index (χ3v) is 5.78. The van der Waals surface area contributed by atoms with Gasteiger partial charge < -0.3 is 10.2 Å². The van der Waals surface area contributed by atoms with Crippen molar-refractivity contribution in [3.8, 4) is 0 Å². The molecule has 0 saturated heterocycles. The molecule has 1 N–H and O–H groups in total. The number of pyridine rings is 1. The summed E-state index contributed by atoms with van der Waals surface area (Å²) in [6.07, 6.45) is 2.06. The molecule has 142 valence electrons. The van der Waals surface area contributed by atoms with Crippen molar-refractivity contribution < 1.29 is 14.4 Å². The van der Waals surface area contributed by atoms with Crippen LogP contribution >= 0.6 is 11.3 Å². The predicted molar refractivity (Wildman–Crippen MR) is 105 cm³/mol. The van der Waals surface area contributed by atoms with E-state index in [1.54, 1.807) is 12.1 Å². The molecular weight excluding hydrogens is 364 g/mol. The molecule has 0 aromatic carbocycles. The smallest absolute Gasteiger partial charge is 0.223 e. The molecule has 0 fully saturated rings. The topological polar surface area (TPSA) is 92.3 Å². The standard InChI is InChI=1S/C19H22N4O3S/c1-5-23(4)14-7-6-12(9-20-14)16(25)15-10(2)8-13-18(17(15)26)27-19(22-13)21-11(3)24/h6-7,9-10,15H,5,8H2,1-4H3,(H,21,22,24). The molecule has 2 heterocycles. The molecule has 3 rings (SSSR count). The molecule has 1 aliphatic carbocycles. The molecule has 1 aliphatic rings. The molecule has 0 saturated carbocycles. The van der Waals surface area contributed by atoms with Crippen LogP contribution in [-0.4, -0.2) is 41.0 Å². The zero-order valence-electron chi connectivity index (χ0n) is 15.8. The van der Waals surface area contributed by atoms with Gasteiger partial charge in [0.25, 0.3) is 0 Å². The largest absolute Gasteiger partial charge is 0.360 e. The van der Waals surface area contributed by atoms with Crippen molar-refractivity contribution in [1.82, 2.24) is 9.97 Å². The maximum atomic E-state index is 13.0. The molecule has 0 bridgehead atoms. The molecule has 7 nitrogen and oxygen atoms in total. The normalized spacial score (nSPS) is 18.7. The fraction of sp³-hybridized carbons (Fsp3) is 0.421. The number of Topliss-reactive ketones (excluding diaryl/α,β-unsaturated/α-hetero) is 2. The first-order valence-corrected chi connectivity index (χ1v) is 9.66. The van der Waals surface area contributed by atoms with Crippen molar-refractivity contribution in [3.63, 3.8) is 0 Å². The Kier molecular flexibility index (Phi) is 5.36. The molecule has 2 aromatic heterocycles. The number of anilines is 2. The van der Waals surface area contributed by atoms with Crippen LogP contribution in [0.1, 0.15) is 46.5 Å². The summed E-state index contributed by atoms with van der Waals surface area (Å²) in [5, 5.41) is 3.01. The number of rotatable bonds is 5. The molecule has 27 heavy (non-hydrogen) atoms. The number of hydrogen-bond acceptors (Lipinski definition) is 7. The highest BCUT2D eigenvalue weighted by atomic mass is 32.1. The van der Waals surface area contributed by atoms with Crippen molar-refractivity contribution in [2.24, 2.45) is 11.8 Å². The summed E-state index contributed by atoms with van der Waals surface area (Å²) >= 11 is 1.13. The van der Waals surface area contributed by atoms with Crippen LogP contribution in [0, 0.1) is 11.8 Å². The third kappa shape index (κ3) is 3.75. The van der Waals surface area contributed by atoms with E-state index in [1.165, 1.54) is 13.1 Å². The van der Waals surface area contributed by atoms with Crippen molar-refractivity contribution in [2.45, 2.75) is 27.2 Å². The number of nitrogens with one attached hydrogen (secondary N) is 1. The van der Waals surface area contributed by atoms with Gasteiger partial charge in [-0.05, 0) is 31.4 Å². The maximum Gasteiger partial charge on any atom is 0.223 e. The highest BCUT2D eigenvalue weighted by molar-refractivity contribution is 7.17. The van der Waals surface area contributed by atoms with E-state index in [9.17, 15) is 14.4 Å². The zero-order valence-corrected chi connectivity index (χ0v) is 16.6. The van der Waals surface area contributed by atoms with E-state index in [0.717, 1.165) is 23.7 Å². The average molecular weight is 386 g/mol. The van der Waals surface area contributed by atoms with Gasteiger partial charge in [-0.1, -0.05) is 18.3 Å². The van der Waals surface area contributed by atoms with E-state index in [4.69, 9.17) is 0 Å². The number of fused-ring (bicyclic) bond motifs is 1. The van der Waals surface area contributed by atoms with E-state index in [-0.39, 0.29) is 23.4 Å². The number of thiazole rings is 1. The van der Waals surface area contributed by atoms with Crippen LogP contribution in [0.5, 0.6) is 0 Å². The summed E-state index contributed by atoms with van der Waals surface area (Å²) < 4.78 is 0. The van der Waals surface area contributed by atoms with Crippen molar-refractivity contribution in [3.05, 3.63) is 34.5 Å². The first kappa shape index (κ1) is 19.2. The second-order valence-corrected chi connectivity index (χ2v) is 7.78. The number of aromatic nitrogens is 2. The van der Waals surface area contributed by atoms with Crippen LogP contribution in [0.25, 0.3) is 0 Å². The van der Waals surface area contributed by atoms with Crippen LogP contribution in [-0.2, 0) is 11.2 Å². The van der Waals surface area contributed by atoms with Crippen molar-refractivity contribution in [1.29, 1.82) is 0 Å². The Bertz CT molecular complexity index is 891. The highest BCUT2D eigenvalue weighted by Crippen LogP contribution is 2.36. The summed E-state index contributed by atoms with van der Waals surface area (Å²) in [5.74, 6) is -0.815. The molecular formula is C19H22N4O3S. The van der Waals surface area contributed by atoms with Gasteiger partial charge in [0.05, 0.1) is 16.5 Å². The Hall–Kier alpha value is -2.61. The second kappa shape index (κ2) is 7.56. The van der Waals surface area contributed by atoms with Crippen molar-refractivity contribution >= 4 is 39.8 Å². The van der Waals surface area contributed by atoms with Gasteiger partial charge in [-0.2, -0.15) is 0 Å². The second-order valence-electron chi connectivity index (χ2n) is 6.78. The van der Waals surface area contributed by atoms with E-state index in [1.807, 2.05) is 25.8 Å². The minimum atomic E-state index is -0.750. The molecule has 1 amide bonds. The number of amides is 1. The third-order valence-electron chi connectivity index (χ3n) is 4.75. The predicted octanol–water partition coefficient (Wildman–Crippen LogP) is 2.83. The number of ketones is 2. The average Bonchev–Trinajstić information content (AvgIpc) is 3.02. The number of nitrogens with zero attached hydrogens (tertiary/aromatic N) is 3. The summed E-state index contributed by atoms with van der Waals surface area (Å²) in [6, 6.07) is 3.52. The van der Waals surface area contributed by atoms with Crippen LogP contribution in [0.4, 0.5) is 10.9 Å². The molecule has 0 spiro atoms. The number of carbonyl (C=O) groups is 3. The van der Waals surface area contributed by atoms with E-state index in [2.05, 4.69) is 15.3 Å². The lowest BCUT2D eigenvalue weighted by atomic mass is 9.77. The SMILES string of the molecule is CCN(C)c1ccc(C(=O)C2C(=O)c3sc(NC(C)=O)nc3CC2C)cn1. The first-order chi connectivity index (χ1) is 12.8. The first-order valence-electron chi connectivity index (χ1n) is 8.84. The summed E-state index contributed by atoms with van der Waals surface area (Å²) in [5.41, 5.74) is 1.09. The van der Waals surface area contributed by atoms with Gasteiger partial charge >= 0.3 is 0 Å². The quantitative estimate of drug-likeness (QED) is 0.627. The minimum absolute atomic E-state index is 0.164. The lowest BCUT2D eigenvalue weighted by Crippen LogP contribution is -2.35. The molecule has 2 aromatic rings. The summed E-state index contributed by atoms with van der Waals surface area (Å²) in [6.45, 7) is 6.10. The lowest BCUT2D eigenvalue weighted by molar-refractivity contribution is -0.114. The maximum absolute atomic E-state index is 13.0. The number of hydrogen-bond donors (Lipinski definition) is 1. The van der Waals surface area contributed by atoms with Crippen LogP contribution in [0.15, 0.2) is 18.3 Å². The summed E-state index contributed by atoms with van der Waals surface area (Å²) in [7, 11) is 1.93. The Labute approximate surface area is 161 Å². The minimum Gasteiger partial charge on any atom is -0.360 e. The van der Waals surface area contributed by atoms with Gasteiger partial charge in [-0.15, -0.1) is 0 Å². The van der Waals surface area contributed by atoms with Crippen LogP contribution in [0.2, 0.25) is 0 Å². The fourth-order valence-corrected chi connectivity index (χ4v) is 4.20. The number of carbonyl (C=O) groups excluding carboxylic acids is 3. The van der Waals surface area contributed by atoms with Gasteiger partial charge in [-0.25, -0.2) is 9.97 Å². The van der Waals surface area contributed by atoms with Gasteiger partial charge in [0, 0.05) is 32.3 Å². The van der Waals surface area contributed by atoms with Crippen LogP contribution < -0.4 is 10.2 Å². The van der Waals surface area contributed by atoms with Gasteiger partial charge in [0.1, 0.15) is 5.82 Å². The molecule has 2 atom stereocenters. The van der Waals surface area contributed by atoms with E-state index >= 15 is 0 Å². The van der Waals surface area contributed by atoms with E-state index in [0.29, 0.717) is 27.7 Å². The zero-order chi connectivity index (χ0) is 19.7. The highest BCUT2D eigenvalue weighted by Gasteiger charge is 2.40. The molecule has 0 aliphatic heterocycles. The monoisotopic (exact) mass is 386 g/mol. The Morgan fingerprint density at radius 2 is 2.11 bits per heavy atom. The Morgan fingerprint density at radius 1 is 1.37 bits per heavy atom. The fourth-order valence-electron chi connectivity index (χ4n) is 3.19. The van der Waals surface area contributed by atoms with Crippen LogP contribution in [0.3, 0.4) is 0 Å². The summed E-state index contributed by atoms with van der Waals surface area (Å²) in [4.78, 5) is 48.3. The molecule has 2 unspecified atom stereocenters. The van der Waals surface area contributed by atoms with Crippen molar-refractivity contribution in [2.75, 3.05) is 23.8 Å². The Balaban J connectivity index is 1.86. The van der Waals surface area contributed by atoms with Gasteiger partial charge in [-0.3, -0.25) is 14.4 Å². The van der Waals surface area contributed by atoms with Gasteiger partial charge in [0.2, 0.25) is 5.91 Å². The molecule has 8 heteroatoms. The Morgan fingerprint density at radius 3 is 2.70 bits per heavy atom.